The van der Waals surface area contributed by atoms with Crippen molar-refractivity contribution < 1.29 is 14.7 Å². The SMILES string of the molecule is CC(C)(C(=O)O)c1ccc(CCN2CCC(c3nc4ccccc4n3C=O)CC2)cc1. The van der Waals surface area contributed by atoms with Crippen molar-refractivity contribution in [1.82, 2.24) is 14.5 Å². The Morgan fingerprint density at radius 1 is 1.13 bits per heavy atom. The topological polar surface area (TPSA) is 75.4 Å². The molecule has 0 spiro atoms. The lowest BCUT2D eigenvalue weighted by molar-refractivity contribution is -0.142. The van der Waals surface area contributed by atoms with Crippen molar-refractivity contribution in [2.24, 2.45) is 0 Å². The van der Waals surface area contributed by atoms with Gasteiger partial charge in [-0.2, -0.15) is 0 Å². The molecule has 0 radical (unpaired) electrons. The van der Waals surface area contributed by atoms with Gasteiger partial charge in [0, 0.05) is 12.5 Å². The molecule has 1 N–H and O–H groups in total. The van der Waals surface area contributed by atoms with Gasteiger partial charge in [-0.25, -0.2) is 4.98 Å². The Morgan fingerprint density at radius 3 is 2.45 bits per heavy atom. The van der Waals surface area contributed by atoms with Crippen molar-refractivity contribution >= 4 is 23.4 Å². The minimum absolute atomic E-state index is 0.298. The van der Waals surface area contributed by atoms with E-state index in [4.69, 9.17) is 4.98 Å². The first kappa shape index (κ1) is 21.2. The number of hydrogen-bond acceptors (Lipinski definition) is 4. The van der Waals surface area contributed by atoms with Crippen LogP contribution in [-0.2, 0) is 21.4 Å². The molecular weight excluding hydrogens is 390 g/mol. The van der Waals surface area contributed by atoms with E-state index >= 15 is 0 Å². The minimum atomic E-state index is -0.877. The molecule has 1 saturated heterocycles. The fraction of sp³-hybridized carbons (Fsp3) is 0.400. The van der Waals surface area contributed by atoms with Gasteiger partial charge in [-0.1, -0.05) is 36.4 Å². The van der Waals surface area contributed by atoms with E-state index in [-0.39, 0.29) is 0 Å². The van der Waals surface area contributed by atoms with Gasteiger partial charge in [0.2, 0.25) is 6.41 Å². The van der Waals surface area contributed by atoms with Crippen LogP contribution >= 0.6 is 0 Å². The van der Waals surface area contributed by atoms with Gasteiger partial charge < -0.3 is 10.0 Å². The van der Waals surface area contributed by atoms with Gasteiger partial charge in [0.25, 0.3) is 0 Å². The Kier molecular flexibility index (Phi) is 5.92. The van der Waals surface area contributed by atoms with Crippen molar-refractivity contribution in [3.8, 4) is 0 Å². The molecule has 0 saturated carbocycles. The van der Waals surface area contributed by atoms with Crippen molar-refractivity contribution in [3.05, 3.63) is 65.5 Å². The third kappa shape index (κ3) is 4.26. The first-order chi connectivity index (χ1) is 14.9. The number of aliphatic carboxylic acids is 1. The summed E-state index contributed by atoms with van der Waals surface area (Å²) in [5.74, 6) is 0.366. The maximum atomic E-state index is 11.7. The second-order valence-corrected chi connectivity index (χ2v) is 8.93. The molecule has 162 valence electrons. The maximum absolute atomic E-state index is 11.7. The highest BCUT2D eigenvalue weighted by molar-refractivity contribution is 5.82. The molecule has 6 heteroatoms. The van der Waals surface area contributed by atoms with Crippen LogP contribution in [0.1, 0.15) is 49.6 Å². The molecule has 6 nitrogen and oxygen atoms in total. The van der Waals surface area contributed by atoms with Gasteiger partial charge in [-0.05, 0) is 69.5 Å². The lowest BCUT2D eigenvalue weighted by Gasteiger charge is -2.31. The number of fused-ring (bicyclic) bond motifs is 1. The molecule has 1 aromatic heterocycles. The molecule has 1 aliphatic rings. The van der Waals surface area contributed by atoms with E-state index in [1.807, 2.05) is 48.5 Å². The van der Waals surface area contributed by atoms with Crippen molar-refractivity contribution in [3.63, 3.8) is 0 Å². The van der Waals surface area contributed by atoms with Crippen molar-refractivity contribution in [2.75, 3.05) is 19.6 Å². The van der Waals surface area contributed by atoms with Crippen LogP contribution < -0.4 is 0 Å². The molecule has 1 fully saturated rings. The molecule has 0 unspecified atom stereocenters. The van der Waals surface area contributed by atoms with E-state index in [1.165, 1.54) is 5.56 Å². The number of imidazole rings is 1. The Morgan fingerprint density at radius 2 is 1.81 bits per heavy atom. The van der Waals surface area contributed by atoms with Crippen LogP contribution in [0.4, 0.5) is 0 Å². The summed E-state index contributed by atoms with van der Waals surface area (Å²) in [7, 11) is 0. The summed E-state index contributed by atoms with van der Waals surface area (Å²) in [6.07, 6.45) is 3.80. The number of benzene rings is 2. The summed E-state index contributed by atoms with van der Waals surface area (Å²) < 4.78 is 1.70. The number of para-hydroxylation sites is 2. The summed E-state index contributed by atoms with van der Waals surface area (Å²) in [6.45, 7) is 6.40. The number of carbonyl (C=O) groups is 2. The van der Waals surface area contributed by atoms with Gasteiger partial charge in [-0.15, -0.1) is 0 Å². The van der Waals surface area contributed by atoms with E-state index < -0.39 is 11.4 Å². The number of likely N-dealkylation sites (tertiary alicyclic amines) is 1. The predicted octanol–water partition coefficient (Wildman–Crippen LogP) is 3.86. The zero-order valence-electron chi connectivity index (χ0n) is 18.1. The number of hydrogen-bond donors (Lipinski definition) is 1. The molecule has 4 rings (SSSR count). The zero-order valence-corrected chi connectivity index (χ0v) is 18.1. The predicted molar refractivity (Wildman–Crippen MR) is 121 cm³/mol. The third-order valence-corrected chi connectivity index (χ3v) is 6.61. The largest absolute Gasteiger partial charge is 0.481 e. The zero-order chi connectivity index (χ0) is 22.0. The van der Waals surface area contributed by atoms with Crippen LogP contribution in [0.5, 0.6) is 0 Å². The first-order valence-electron chi connectivity index (χ1n) is 10.9. The summed E-state index contributed by atoms with van der Waals surface area (Å²) >= 11 is 0. The standard InChI is InChI=1S/C25H29N3O3/c1-25(2,24(30)31)20-9-7-18(8-10-20)11-14-27-15-12-19(13-16-27)23-26-21-5-3-4-6-22(21)28(23)17-29/h3-10,17,19H,11-16H2,1-2H3,(H,30,31). The highest BCUT2D eigenvalue weighted by Gasteiger charge is 2.29. The number of carboxylic acids is 1. The number of rotatable bonds is 7. The van der Waals surface area contributed by atoms with Gasteiger partial charge in [0.05, 0.1) is 16.4 Å². The van der Waals surface area contributed by atoms with Gasteiger partial charge in [0.15, 0.2) is 0 Å². The second-order valence-electron chi connectivity index (χ2n) is 8.93. The molecule has 2 heterocycles. The van der Waals surface area contributed by atoms with Crippen LogP contribution in [0.25, 0.3) is 11.0 Å². The van der Waals surface area contributed by atoms with E-state index in [2.05, 4.69) is 4.90 Å². The smallest absolute Gasteiger partial charge is 0.313 e. The maximum Gasteiger partial charge on any atom is 0.313 e. The quantitative estimate of drug-likeness (QED) is 0.589. The average molecular weight is 420 g/mol. The highest BCUT2D eigenvalue weighted by atomic mass is 16.4. The fourth-order valence-corrected chi connectivity index (χ4v) is 4.38. The Balaban J connectivity index is 1.34. The summed E-state index contributed by atoms with van der Waals surface area (Å²) in [5.41, 5.74) is 2.92. The van der Waals surface area contributed by atoms with E-state index in [1.54, 1.807) is 18.4 Å². The molecule has 2 aromatic carbocycles. The van der Waals surface area contributed by atoms with Gasteiger partial charge in [-0.3, -0.25) is 14.2 Å². The molecule has 0 atom stereocenters. The fourth-order valence-electron chi connectivity index (χ4n) is 4.38. The van der Waals surface area contributed by atoms with Crippen LogP contribution in [0.15, 0.2) is 48.5 Å². The number of carboxylic acid groups (broad SMARTS) is 1. The normalized spacial score (nSPS) is 15.9. The highest BCUT2D eigenvalue weighted by Crippen LogP contribution is 2.30. The van der Waals surface area contributed by atoms with Crippen molar-refractivity contribution in [1.29, 1.82) is 0 Å². The first-order valence-corrected chi connectivity index (χ1v) is 10.9. The van der Waals surface area contributed by atoms with Crippen LogP contribution in [-0.4, -0.2) is 51.6 Å². The van der Waals surface area contributed by atoms with Crippen LogP contribution in [0.3, 0.4) is 0 Å². The average Bonchev–Trinajstić information content (AvgIpc) is 3.17. The minimum Gasteiger partial charge on any atom is -0.481 e. The van der Waals surface area contributed by atoms with E-state index in [0.29, 0.717) is 5.92 Å². The van der Waals surface area contributed by atoms with Crippen molar-refractivity contribution in [2.45, 2.75) is 44.4 Å². The molecule has 0 amide bonds. The monoisotopic (exact) mass is 419 g/mol. The Hall–Kier alpha value is -2.99. The number of carbonyl (C=O) groups excluding carboxylic acids is 1. The molecule has 31 heavy (non-hydrogen) atoms. The Bertz CT molecular complexity index is 1080. The van der Waals surface area contributed by atoms with Gasteiger partial charge >= 0.3 is 5.97 Å². The number of nitrogens with zero attached hydrogens (tertiary/aromatic N) is 3. The van der Waals surface area contributed by atoms with Crippen LogP contribution in [0, 0.1) is 0 Å². The summed E-state index contributed by atoms with van der Waals surface area (Å²) in [5, 5.41) is 9.38. The van der Waals surface area contributed by atoms with E-state index in [0.717, 1.165) is 67.7 Å². The van der Waals surface area contributed by atoms with Gasteiger partial charge in [0.1, 0.15) is 5.82 Å². The molecule has 1 aliphatic heterocycles. The molecule has 0 aliphatic carbocycles. The Labute approximate surface area is 182 Å². The van der Waals surface area contributed by atoms with E-state index in [9.17, 15) is 14.7 Å². The lowest BCUT2D eigenvalue weighted by Crippen LogP contribution is -2.35. The number of piperidine rings is 1. The summed E-state index contributed by atoms with van der Waals surface area (Å²) in [6, 6.07) is 15.7. The molecular formula is C25H29N3O3. The second kappa shape index (κ2) is 8.63. The molecule has 0 bridgehead atoms. The molecule has 3 aromatic rings. The third-order valence-electron chi connectivity index (χ3n) is 6.61. The lowest BCUT2D eigenvalue weighted by atomic mass is 9.84. The number of aromatic nitrogens is 2. The summed E-state index contributed by atoms with van der Waals surface area (Å²) in [4.78, 5) is 30.3. The van der Waals surface area contributed by atoms with Crippen LogP contribution in [0.2, 0.25) is 0 Å².